The van der Waals surface area contributed by atoms with E-state index in [0.717, 1.165) is 10.0 Å². The highest BCUT2D eigenvalue weighted by Gasteiger charge is 2.10. The lowest BCUT2D eigenvalue weighted by molar-refractivity contribution is 0.0526. The molecule has 7 heteroatoms. The zero-order chi connectivity index (χ0) is 17.6. The zero-order valence-corrected chi connectivity index (χ0v) is 15.0. The molecule has 0 spiro atoms. The third-order valence-corrected chi connectivity index (χ3v) is 3.81. The lowest BCUT2D eigenvalue weighted by Crippen LogP contribution is -2.04. The number of nitrogens with zero attached hydrogens (tertiary/aromatic N) is 2. The van der Waals surface area contributed by atoms with Gasteiger partial charge < -0.3 is 13.9 Å². The van der Waals surface area contributed by atoms with Crippen LogP contribution in [0.15, 0.2) is 57.4 Å². The Kier molecular flexibility index (Phi) is 5.45. The summed E-state index contributed by atoms with van der Waals surface area (Å²) in [6, 6.07) is 14.3. The molecule has 0 amide bonds. The fourth-order valence-corrected chi connectivity index (χ4v) is 2.33. The smallest absolute Gasteiger partial charge is 0.338 e. The summed E-state index contributed by atoms with van der Waals surface area (Å²) in [6.07, 6.45) is 0. The summed E-state index contributed by atoms with van der Waals surface area (Å²) in [6.45, 7) is 2.25. The molecule has 0 bridgehead atoms. The Morgan fingerprint density at radius 1 is 1.08 bits per heavy atom. The first-order valence-corrected chi connectivity index (χ1v) is 8.43. The Balaban J connectivity index is 1.60. The van der Waals surface area contributed by atoms with E-state index in [1.807, 2.05) is 24.3 Å². The molecule has 0 N–H and O–H groups in total. The summed E-state index contributed by atoms with van der Waals surface area (Å²) in [5, 5.41) is 7.99. The predicted molar refractivity (Wildman–Crippen MR) is 94.2 cm³/mol. The van der Waals surface area contributed by atoms with Crippen molar-refractivity contribution in [1.29, 1.82) is 0 Å². The summed E-state index contributed by atoms with van der Waals surface area (Å²) in [5.41, 5.74) is 1.31. The molecule has 3 aromatic rings. The van der Waals surface area contributed by atoms with Crippen LogP contribution in [0.1, 0.15) is 23.2 Å². The Morgan fingerprint density at radius 3 is 2.48 bits per heavy atom. The first-order chi connectivity index (χ1) is 12.2. The first-order valence-electron chi connectivity index (χ1n) is 7.64. The number of rotatable bonds is 6. The van der Waals surface area contributed by atoms with Crippen LogP contribution in [0.5, 0.6) is 5.75 Å². The van der Waals surface area contributed by atoms with Crippen LogP contribution in [0.2, 0.25) is 0 Å². The van der Waals surface area contributed by atoms with E-state index in [0.29, 0.717) is 29.7 Å². The minimum atomic E-state index is -0.356. The lowest BCUT2D eigenvalue weighted by Gasteiger charge is -2.05. The maximum Gasteiger partial charge on any atom is 0.338 e. The molecule has 0 saturated carbocycles. The predicted octanol–water partition coefficient (Wildman–Crippen LogP) is 4.25. The molecule has 25 heavy (non-hydrogen) atoms. The van der Waals surface area contributed by atoms with Gasteiger partial charge in [0.2, 0.25) is 5.89 Å². The van der Waals surface area contributed by atoms with Gasteiger partial charge in [-0.1, -0.05) is 15.9 Å². The van der Waals surface area contributed by atoms with Crippen molar-refractivity contribution in [3.05, 3.63) is 64.5 Å². The van der Waals surface area contributed by atoms with Crippen molar-refractivity contribution >= 4 is 21.9 Å². The summed E-state index contributed by atoms with van der Waals surface area (Å²) >= 11 is 3.38. The second kappa shape index (κ2) is 7.94. The van der Waals surface area contributed by atoms with Crippen LogP contribution in [0.3, 0.4) is 0 Å². The largest absolute Gasteiger partial charge is 0.484 e. The van der Waals surface area contributed by atoms with Gasteiger partial charge in [-0.05, 0) is 55.5 Å². The molecule has 0 aliphatic heterocycles. The summed E-state index contributed by atoms with van der Waals surface area (Å²) < 4.78 is 17.1. The minimum Gasteiger partial charge on any atom is -0.484 e. The molecule has 6 nitrogen and oxygen atoms in total. The van der Waals surface area contributed by atoms with E-state index in [1.54, 1.807) is 31.2 Å². The highest BCUT2D eigenvalue weighted by atomic mass is 79.9. The maximum atomic E-state index is 11.6. The number of carbonyl (C=O) groups excluding carboxylic acids is 1. The van der Waals surface area contributed by atoms with Gasteiger partial charge >= 0.3 is 5.97 Å². The molecular weight excluding hydrogens is 388 g/mol. The van der Waals surface area contributed by atoms with Gasteiger partial charge in [-0.15, -0.1) is 10.2 Å². The van der Waals surface area contributed by atoms with Gasteiger partial charge in [-0.2, -0.15) is 0 Å². The van der Waals surface area contributed by atoms with Crippen LogP contribution in [0.4, 0.5) is 0 Å². The molecule has 0 fully saturated rings. The number of hydrogen-bond acceptors (Lipinski definition) is 6. The normalized spacial score (nSPS) is 10.5. The molecule has 1 heterocycles. The fourth-order valence-electron chi connectivity index (χ4n) is 2.07. The van der Waals surface area contributed by atoms with Crippen molar-refractivity contribution in [3.63, 3.8) is 0 Å². The number of esters is 1. The number of benzene rings is 2. The SMILES string of the molecule is CCOC(=O)c1ccc(OCc2nnc(-c3ccc(Br)cc3)o2)cc1. The molecule has 0 aliphatic carbocycles. The third kappa shape index (κ3) is 4.45. The van der Waals surface area contributed by atoms with Gasteiger partial charge in [0, 0.05) is 10.0 Å². The Labute approximate surface area is 152 Å². The van der Waals surface area contributed by atoms with Gasteiger partial charge in [0.15, 0.2) is 6.61 Å². The van der Waals surface area contributed by atoms with Gasteiger partial charge in [-0.3, -0.25) is 0 Å². The molecule has 0 radical (unpaired) electrons. The molecule has 0 unspecified atom stereocenters. The van der Waals surface area contributed by atoms with Crippen LogP contribution in [-0.2, 0) is 11.3 Å². The standard InChI is InChI=1S/C18H15BrN2O4/c1-2-23-18(22)13-5-9-15(10-6-13)24-11-16-20-21-17(25-16)12-3-7-14(19)8-4-12/h3-10H,2,11H2,1H3. The Bertz CT molecular complexity index is 844. The van der Waals surface area contributed by atoms with Crippen LogP contribution < -0.4 is 4.74 Å². The second-order valence-corrected chi connectivity index (χ2v) is 5.96. The average molecular weight is 403 g/mol. The van der Waals surface area contributed by atoms with E-state index < -0.39 is 0 Å². The number of ether oxygens (including phenoxy) is 2. The van der Waals surface area contributed by atoms with Gasteiger partial charge in [-0.25, -0.2) is 4.79 Å². The van der Waals surface area contributed by atoms with Crippen LogP contribution in [0, 0.1) is 0 Å². The topological polar surface area (TPSA) is 74.5 Å². The van der Waals surface area contributed by atoms with Crippen LogP contribution in [-0.4, -0.2) is 22.8 Å². The Hall–Kier alpha value is -2.67. The van der Waals surface area contributed by atoms with Crippen LogP contribution >= 0.6 is 15.9 Å². The van der Waals surface area contributed by atoms with Crippen molar-refractivity contribution in [2.24, 2.45) is 0 Å². The average Bonchev–Trinajstić information content (AvgIpc) is 3.10. The molecule has 128 valence electrons. The highest BCUT2D eigenvalue weighted by molar-refractivity contribution is 9.10. The fraction of sp³-hybridized carbons (Fsp3) is 0.167. The number of carbonyl (C=O) groups is 1. The van der Waals surface area contributed by atoms with Crippen molar-refractivity contribution in [1.82, 2.24) is 10.2 Å². The highest BCUT2D eigenvalue weighted by Crippen LogP contribution is 2.21. The van der Waals surface area contributed by atoms with Crippen molar-refractivity contribution < 1.29 is 18.7 Å². The van der Waals surface area contributed by atoms with E-state index in [9.17, 15) is 4.79 Å². The van der Waals surface area contributed by atoms with Gasteiger partial charge in [0.1, 0.15) is 5.75 Å². The molecule has 0 atom stereocenters. The number of halogens is 1. The van der Waals surface area contributed by atoms with Gasteiger partial charge in [0.05, 0.1) is 12.2 Å². The summed E-state index contributed by atoms with van der Waals surface area (Å²) in [4.78, 5) is 11.6. The zero-order valence-electron chi connectivity index (χ0n) is 13.4. The summed E-state index contributed by atoms with van der Waals surface area (Å²) in [5.74, 6) is 1.04. The van der Waals surface area contributed by atoms with E-state index in [1.165, 1.54) is 0 Å². The lowest BCUT2D eigenvalue weighted by atomic mass is 10.2. The van der Waals surface area contributed by atoms with E-state index >= 15 is 0 Å². The molecule has 0 aliphatic rings. The molecule has 1 aromatic heterocycles. The van der Waals surface area contributed by atoms with Crippen molar-refractivity contribution in [3.8, 4) is 17.2 Å². The van der Waals surface area contributed by atoms with Gasteiger partial charge in [0.25, 0.3) is 5.89 Å². The molecular formula is C18H15BrN2O4. The molecule has 3 rings (SSSR count). The van der Waals surface area contributed by atoms with E-state index in [2.05, 4.69) is 26.1 Å². The number of aromatic nitrogens is 2. The second-order valence-electron chi connectivity index (χ2n) is 5.04. The van der Waals surface area contributed by atoms with Crippen molar-refractivity contribution in [2.45, 2.75) is 13.5 Å². The molecule has 0 saturated heterocycles. The minimum absolute atomic E-state index is 0.141. The summed E-state index contributed by atoms with van der Waals surface area (Å²) in [7, 11) is 0. The van der Waals surface area contributed by atoms with E-state index in [4.69, 9.17) is 13.9 Å². The maximum absolute atomic E-state index is 11.6. The number of hydrogen-bond donors (Lipinski definition) is 0. The van der Waals surface area contributed by atoms with E-state index in [-0.39, 0.29) is 12.6 Å². The monoisotopic (exact) mass is 402 g/mol. The van der Waals surface area contributed by atoms with Crippen molar-refractivity contribution in [2.75, 3.05) is 6.61 Å². The Morgan fingerprint density at radius 2 is 1.80 bits per heavy atom. The third-order valence-electron chi connectivity index (χ3n) is 3.29. The molecule has 2 aromatic carbocycles. The first kappa shape index (κ1) is 17.2. The quantitative estimate of drug-likeness (QED) is 0.573. The van der Waals surface area contributed by atoms with Crippen LogP contribution in [0.25, 0.3) is 11.5 Å².